The Labute approximate surface area is 184 Å². The summed E-state index contributed by atoms with van der Waals surface area (Å²) in [6, 6.07) is 19.4. The maximum atomic E-state index is 12.5. The SMILES string of the molecule is Cc1ccc(NCC(=O)N/N=C/c2ccccc2OC(=O)c2ccc3c(c2)OCO3)cc1. The number of ether oxygens (including phenoxy) is 3. The highest BCUT2D eigenvalue weighted by molar-refractivity contribution is 5.94. The molecule has 0 bridgehead atoms. The maximum absolute atomic E-state index is 12.5. The molecule has 2 N–H and O–H groups in total. The van der Waals surface area contributed by atoms with Crippen LogP contribution in [0.1, 0.15) is 21.5 Å². The summed E-state index contributed by atoms with van der Waals surface area (Å²) < 4.78 is 16.1. The summed E-state index contributed by atoms with van der Waals surface area (Å²) in [6.07, 6.45) is 1.42. The molecule has 3 aromatic rings. The second-order valence-corrected chi connectivity index (χ2v) is 7.01. The van der Waals surface area contributed by atoms with Gasteiger partial charge in [0.2, 0.25) is 6.79 Å². The van der Waals surface area contributed by atoms with E-state index >= 15 is 0 Å². The van der Waals surface area contributed by atoms with Gasteiger partial charge in [-0.2, -0.15) is 5.10 Å². The van der Waals surface area contributed by atoms with E-state index < -0.39 is 5.97 Å². The molecule has 0 spiro atoms. The van der Waals surface area contributed by atoms with Crippen LogP contribution >= 0.6 is 0 Å². The lowest BCUT2D eigenvalue weighted by Crippen LogP contribution is -2.25. The fourth-order valence-electron chi connectivity index (χ4n) is 2.93. The number of nitrogens with one attached hydrogen (secondary N) is 2. The van der Waals surface area contributed by atoms with Crippen LogP contribution in [0.3, 0.4) is 0 Å². The van der Waals surface area contributed by atoms with E-state index in [-0.39, 0.29) is 19.2 Å². The van der Waals surface area contributed by atoms with E-state index in [4.69, 9.17) is 14.2 Å². The molecule has 1 amide bonds. The standard InChI is InChI=1S/C24H21N3O5/c1-16-6-9-19(10-7-16)25-14-23(28)27-26-13-18-4-2-3-5-20(18)32-24(29)17-8-11-21-22(12-17)31-15-30-21/h2-13,25H,14-15H2,1H3,(H,27,28)/b26-13+. The van der Waals surface area contributed by atoms with Crippen LogP contribution in [0.15, 0.2) is 71.8 Å². The average Bonchev–Trinajstić information content (AvgIpc) is 3.28. The van der Waals surface area contributed by atoms with Crippen LogP contribution in [0.2, 0.25) is 0 Å². The first-order valence-electron chi connectivity index (χ1n) is 9.92. The summed E-state index contributed by atoms with van der Waals surface area (Å²) in [6.45, 7) is 2.19. The number of fused-ring (bicyclic) bond motifs is 1. The van der Waals surface area contributed by atoms with Gasteiger partial charge in [-0.1, -0.05) is 29.8 Å². The normalized spacial score (nSPS) is 11.9. The zero-order valence-electron chi connectivity index (χ0n) is 17.3. The van der Waals surface area contributed by atoms with E-state index in [1.807, 2.05) is 31.2 Å². The number of hydrogen-bond donors (Lipinski definition) is 2. The van der Waals surface area contributed by atoms with E-state index in [0.29, 0.717) is 28.4 Å². The monoisotopic (exact) mass is 431 g/mol. The molecule has 0 fully saturated rings. The summed E-state index contributed by atoms with van der Waals surface area (Å²) in [5.74, 6) is 0.538. The van der Waals surface area contributed by atoms with Crippen molar-refractivity contribution in [1.29, 1.82) is 0 Å². The summed E-state index contributed by atoms with van der Waals surface area (Å²) in [7, 11) is 0. The number of carbonyl (C=O) groups excluding carboxylic acids is 2. The second kappa shape index (κ2) is 9.65. The lowest BCUT2D eigenvalue weighted by atomic mass is 10.2. The molecule has 8 nitrogen and oxygen atoms in total. The van der Waals surface area contributed by atoms with Gasteiger partial charge in [-0.3, -0.25) is 4.79 Å². The van der Waals surface area contributed by atoms with E-state index in [0.717, 1.165) is 11.3 Å². The van der Waals surface area contributed by atoms with Crippen LogP contribution in [0, 0.1) is 6.92 Å². The van der Waals surface area contributed by atoms with Crippen LogP contribution in [0.4, 0.5) is 5.69 Å². The van der Waals surface area contributed by atoms with Crippen molar-refractivity contribution >= 4 is 23.8 Å². The Morgan fingerprint density at radius 1 is 1.03 bits per heavy atom. The third kappa shape index (κ3) is 5.23. The fourth-order valence-corrected chi connectivity index (χ4v) is 2.93. The molecule has 1 aliphatic rings. The van der Waals surface area contributed by atoms with Crippen molar-refractivity contribution in [1.82, 2.24) is 5.43 Å². The van der Waals surface area contributed by atoms with Gasteiger partial charge in [0.15, 0.2) is 11.5 Å². The number of rotatable bonds is 7. The van der Waals surface area contributed by atoms with Gasteiger partial charge in [-0.15, -0.1) is 0 Å². The van der Waals surface area contributed by atoms with Crippen molar-refractivity contribution in [2.75, 3.05) is 18.7 Å². The fraction of sp³-hybridized carbons (Fsp3) is 0.125. The Kier molecular flexibility index (Phi) is 6.31. The predicted molar refractivity (Wildman–Crippen MR) is 119 cm³/mol. The summed E-state index contributed by atoms with van der Waals surface area (Å²) >= 11 is 0. The van der Waals surface area contributed by atoms with Gasteiger partial charge in [0.05, 0.1) is 18.3 Å². The summed E-state index contributed by atoms with van der Waals surface area (Å²) in [5.41, 5.74) is 5.30. The van der Waals surface area contributed by atoms with Crippen LogP contribution in [0.5, 0.6) is 17.2 Å². The third-order valence-electron chi connectivity index (χ3n) is 4.63. The number of carbonyl (C=O) groups is 2. The molecule has 0 aliphatic carbocycles. The second-order valence-electron chi connectivity index (χ2n) is 7.01. The number of nitrogens with zero attached hydrogens (tertiary/aromatic N) is 1. The quantitative estimate of drug-likeness (QED) is 0.257. The first-order valence-corrected chi connectivity index (χ1v) is 9.92. The molecule has 0 saturated carbocycles. The third-order valence-corrected chi connectivity index (χ3v) is 4.63. The van der Waals surface area contributed by atoms with Gasteiger partial charge in [-0.05, 0) is 49.4 Å². The molecule has 8 heteroatoms. The topological polar surface area (TPSA) is 98.2 Å². The smallest absolute Gasteiger partial charge is 0.343 e. The van der Waals surface area contributed by atoms with Crippen LogP contribution < -0.4 is 25.0 Å². The number of hydrogen-bond acceptors (Lipinski definition) is 7. The highest BCUT2D eigenvalue weighted by atomic mass is 16.7. The molecule has 1 aliphatic heterocycles. The van der Waals surface area contributed by atoms with Gasteiger partial charge in [0.1, 0.15) is 5.75 Å². The minimum atomic E-state index is -0.546. The Balaban J connectivity index is 1.34. The minimum Gasteiger partial charge on any atom is -0.454 e. The van der Waals surface area contributed by atoms with Crippen molar-refractivity contribution in [3.05, 3.63) is 83.4 Å². The molecule has 0 radical (unpaired) electrons. The largest absolute Gasteiger partial charge is 0.454 e. The van der Waals surface area contributed by atoms with E-state index in [2.05, 4.69) is 15.8 Å². The molecule has 162 valence electrons. The highest BCUT2D eigenvalue weighted by Crippen LogP contribution is 2.32. The number of para-hydroxylation sites is 1. The van der Waals surface area contributed by atoms with E-state index in [1.54, 1.807) is 42.5 Å². The first kappa shape index (κ1) is 20.9. The number of amides is 1. The number of benzene rings is 3. The first-order chi connectivity index (χ1) is 15.6. The van der Waals surface area contributed by atoms with Gasteiger partial charge in [-0.25, -0.2) is 10.2 Å². The lowest BCUT2D eigenvalue weighted by molar-refractivity contribution is -0.119. The van der Waals surface area contributed by atoms with Crippen molar-refractivity contribution in [2.45, 2.75) is 6.92 Å². The van der Waals surface area contributed by atoms with Crippen LogP contribution in [0.25, 0.3) is 0 Å². The number of esters is 1. The van der Waals surface area contributed by atoms with Crippen LogP contribution in [-0.2, 0) is 4.79 Å². The number of hydrazone groups is 1. The molecule has 0 saturated heterocycles. The molecular weight excluding hydrogens is 410 g/mol. The molecule has 0 aromatic heterocycles. The van der Waals surface area contributed by atoms with Crippen LogP contribution in [-0.4, -0.2) is 31.4 Å². The number of anilines is 1. The van der Waals surface area contributed by atoms with Crippen molar-refractivity contribution in [3.63, 3.8) is 0 Å². The zero-order chi connectivity index (χ0) is 22.3. The Hall–Kier alpha value is -4.33. The van der Waals surface area contributed by atoms with Crippen molar-refractivity contribution < 1.29 is 23.8 Å². The van der Waals surface area contributed by atoms with Crippen molar-refractivity contribution in [3.8, 4) is 17.2 Å². The van der Waals surface area contributed by atoms with Gasteiger partial charge in [0.25, 0.3) is 5.91 Å². The van der Waals surface area contributed by atoms with Crippen molar-refractivity contribution in [2.24, 2.45) is 5.10 Å². The Morgan fingerprint density at radius 3 is 2.66 bits per heavy atom. The van der Waals surface area contributed by atoms with E-state index in [9.17, 15) is 9.59 Å². The summed E-state index contributed by atoms with van der Waals surface area (Å²) in [5, 5.41) is 6.98. The molecule has 4 rings (SSSR count). The average molecular weight is 431 g/mol. The molecule has 32 heavy (non-hydrogen) atoms. The van der Waals surface area contributed by atoms with E-state index in [1.165, 1.54) is 6.21 Å². The number of aryl methyl sites for hydroxylation is 1. The lowest BCUT2D eigenvalue weighted by Gasteiger charge is -2.08. The molecule has 0 atom stereocenters. The summed E-state index contributed by atoms with van der Waals surface area (Å²) in [4.78, 5) is 24.6. The molecule has 3 aromatic carbocycles. The van der Waals surface area contributed by atoms with Gasteiger partial charge >= 0.3 is 5.97 Å². The minimum absolute atomic E-state index is 0.0706. The maximum Gasteiger partial charge on any atom is 0.343 e. The Bertz CT molecular complexity index is 1160. The Morgan fingerprint density at radius 2 is 1.81 bits per heavy atom. The predicted octanol–water partition coefficient (Wildman–Crippen LogP) is 3.51. The van der Waals surface area contributed by atoms with Gasteiger partial charge in [0, 0.05) is 11.3 Å². The van der Waals surface area contributed by atoms with Gasteiger partial charge < -0.3 is 19.5 Å². The zero-order valence-corrected chi connectivity index (χ0v) is 17.3. The highest BCUT2D eigenvalue weighted by Gasteiger charge is 2.18. The molecule has 0 unspecified atom stereocenters. The molecule has 1 heterocycles. The molecular formula is C24H21N3O5.